The smallest absolute Gasteiger partial charge is 0.191 e. The maximum Gasteiger partial charge on any atom is 0.191 e. The predicted octanol–water partition coefficient (Wildman–Crippen LogP) is 2.18. The summed E-state index contributed by atoms with van der Waals surface area (Å²) < 4.78 is 2.87. The summed E-state index contributed by atoms with van der Waals surface area (Å²) in [6.45, 7) is 6.61. The van der Waals surface area contributed by atoms with Crippen LogP contribution in [0.3, 0.4) is 0 Å². The fourth-order valence-corrected chi connectivity index (χ4v) is 2.21. The summed E-state index contributed by atoms with van der Waals surface area (Å²) in [7, 11) is 0. The number of aromatic nitrogens is 3. The predicted molar refractivity (Wildman–Crippen MR) is 65.0 cm³/mol. The standard InChI is InChI=1S/C9H14BrN3OS/c1-3-4-13-8(5-14)11-12-9(13)15-6-7(2)10/h14H,2-6H2,1H3. The topological polar surface area (TPSA) is 50.9 Å². The zero-order valence-electron chi connectivity index (χ0n) is 8.61. The Kier molecular flexibility index (Phi) is 5.35. The number of rotatable bonds is 6. The summed E-state index contributed by atoms with van der Waals surface area (Å²) >= 11 is 4.86. The molecule has 1 heterocycles. The van der Waals surface area contributed by atoms with Crippen molar-refractivity contribution in [3.8, 4) is 0 Å². The lowest BCUT2D eigenvalue weighted by Gasteiger charge is -2.06. The third-order valence-corrected chi connectivity index (χ3v) is 3.44. The quantitative estimate of drug-likeness (QED) is 0.817. The first-order valence-electron chi connectivity index (χ1n) is 4.68. The Hall–Kier alpha value is -0.330. The van der Waals surface area contributed by atoms with Crippen LogP contribution in [0, 0.1) is 0 Å². The third kappa shape index (κ3) is 3.62. The minimum atomic E-state index is -0.0666. The van der Waals surface area contributed by atoms with Gasteiger partial charge in [-0.1, -0.05) is 41.2 Å². The maximum atomic E-state index is 9.08. The number of hydrogen-bond donors (Lipinski definition) is 1. The zero-order chi connectivity index (χ0) is 11.3. The van der Waals surface area contributed by atoms with Gasteiger partial charge < -0.3 is 9.67 Å². The highest BCUT2D eigenvalue weighted by molar-refractivity contribution is 9.11. The molecule has 0 saturated heterocycles. The van der Waals surface area contributed by atoms with Crippen LogP contribution in [0.4, 0.5) is 0 Å². The third-order valence-electron chi connectivity index (χ3n) is 1.74. The molecule has 0 aliphatic carbocycles. The van der Waals surface area contributed by atoms with E-state index in [1.807, 2.05) is 4.57 Å². The van der Waals surface area contributed by atoms with E-state index in [0.29, 0.717) is 5.82 Å². The molecule has 6 heteroatoms. The highest BCUT2D eigenvalue weighted by Crippen LogP contribution is 2.21. The SMILES string of the molecule is C=C(Br)CSc1nnc(CO)n1CCC. The number of nitrogens with zero attached hydrogens (tertiary/aromatic N) is 3. The molecule has 4 nitrogen and oxygen atoms in total. The van der Waals surface area contributed by atoms with Crippen LogP contribution in [-0.2, 0) is 13.2 Å². The highest BCUT2D eigenvalue weighted by Gasteiger charge is 2.10. The molecular formula is C9H14BrN3OS. The molecule has 0 fully saturated rings. The van der Waals surface area contributed by atoms with E-state index in [1.54, 1.807) is 11.8 Å². The van der Waals surface area contributed by atoms with E-state index in [2.05, 4.69) is 39.6 Å². The van der Waals surface area contributed by atoms with Gasteiger partial charge >= 0.3 is 0 Å². The van der Waals surface area contributed by atoms with Crippen LogP contribution in [0.5, 0.6) is 0 Å². The molecule has 0 aliphatic heterocycles. The molecule has 0 unspecified atom stereocenters. The lowest BCUT2D eigenvalue weighted by atomic mass is 10.4. The lowest BCUT2D eigenvalue weighted by Crippen LogP contribution is -2.04. The molecule has 1 aromatic heterocycles. The van der Waals surface area contributed by atoms with Gasteiger partial charge in [0.25, 0.3) is 0 Å². The number of hydrogen-bond acceptors (Lipinski definition) is 4. The van der Waals surface area contributed by atoms with Crippen LogP contribution in [0.1, 0.15) is 19.2 Å². The summed E-state index contributed by atoms with van der Waals surface area (Å²) in [5.41, 5.74) is 0. The van der Waals surface area contributed by atoms with Gasteiger partial charge in [0.2, 0.25) is 0 Å². The molecule has 84 valence electrons. The van der Waals surface area contributed by atoms with Crippen molar-refractivity contribution in [3.63, 3.8) is 0 Å². The summed E-state index contributed by atoms with van der Waals surface area (Å²) in [6, 6.07) is 0. The maximum absolute atomic E-state index is 9.08. The summed E-state index contributed by atoms with van der Waals surface area (Å²) in [4.78, 5) is 0. The Balaban J connectivity index is 2.77. The van der Waals surface area contributed by atoms with Crippen molar-refractivity contribution < 1.29 is 5.11 Å². The van der Waals surface area contributed by atoms with Crippen molar-refractivity contribution in [2.75, 3.05) is 5.75 Å². The number of thioether (sulfide) groups is 1. The molecular weight excluding hydrogens is 278 g/mol. The van der Waals surface area contributed by atoms with Crippen molar-refractivity contribution >= 4 is 27.7 Å². The Labute approximate surface area is 102 Å². The zero-order valence-corrected chi connectivity index (χ0v) is 11.0. The first-order chi connectivity index (χ1) is 7.19. The van der Waals surface area contributed by atoms with Gasteiger partial charge in [0.15, 0.2) is 11.0 Å². The molecule has 0 aliphatic rings. The van der Waals surface area contributed by atoms with Crippen LogP contribution in [0.25, 0.3) is 0 Å². The first-order valence-corrected chi connectivity index (χ1v) is 6.46. The second-order valence-electron chi connectivity index (χ2n) is 3.01. The van der Waals surface area contributed by atoms with E-state index in [-0.39, 0.29) is 6.61 Å². The Morgan fingerprint density at radius 1 is 1.60 bits per heavy atom. The Morgan fingerprint density at radius 3 is 2.87 bits per heavy atom. The van der Waals surface area contributed by atoms with Crippen molar-refractivity contribution in [2.24, 2.45) is 0 Å². The van der Waals surface area contributed by atoms with E-state index in [0.717, 1.165) is 28.4 Å². The molecule has 0 spiro atoms. The van der Waals surface area contributed by atoms with E-state index in [1.165, 1.54) is 0 Å². The average molecular weight is 292 g/mol. The first kappa shape index (κ1) is 12.7. The van der Waals surface area contributed by atoms with Crippen molar-refractivity contribution in [2.45, 2.75) is 31.7 Å². The van der Waals surface area contributed by atoms with Crippen molar-refractivity contribution in [3.05, 3.63) is 16.9 Å². The van der Waals surface area contributed by atoms with E-state index >= 15 is 0 Å². The average Bonchev–Trinajstić information content (AvgIpc) is 2.58. The van der Waals surface area contributed by atoms with Crippen LogP contribution in [-0.4, -0.2) is 25.6 Å². The van der Waals surface area contributed by atoms with Crippen molar-refractivity contribution in [1.29, 1.82) is 0 Å². The second kappa shape index (κ2) is 6.30. The van der Waals surface area contributed by atoms with Crippen LogP contribution < -0.4 is 0 Å². The minimum absolute atomic E-state index is 0.0666. The van der Waals surface area contributed by atoms with E-state index < -0.39 is 0 Å². The normalized spacial score (nSPS) is 10.6. The van der Waals surface area contributed by atoms with Gasteiger partial charge in [-0.25, -0.2) is 0 Å². The van der Waals surface area contributed by atoms with Gasteiger partial charge in [0, 0.05) is 12.3 Å². The molecule has 0 radical (unpaired) electrons. The number of halogens is 1. The molecule has 0 aromatic carbocycles. The summed E-state index contributed by atoms with van der Waals surface area (Å²) in [5, 5.41) is 17.9. The molecule has 15 heavy (non-hydrogen) atoms. The molecule has 0 saturated carbocycles. The largest absolute Gasteiger partial charge is 0.388 e. The van der Waals surface area contributed by atoms with Gasteiger partial charge in [-0.15, -0.1) is 10.2 Å². The molecule has 1 aromatic rings. The van der Waals surface area contributed by atoms with Crippen LogP contribution in [0.15, 0.2) is 16.2 Å². The fraction of sp³-hybridized carbons (Fsp3) is 0.556. The molecule has 0 bridgehead atoms. The molecule has 1 N–H and O–H groups in total. The van der Waals surface area contributed by atoms with Crippen LogP contribution >= 0.6 is 27.7 Å². The number of aliphatic hydroxyl groups excluding tert-OH is 1. The van der Waals surface area contributed by atoms with E-state index in [4.69, 9.17) is 5.11 Å². The van der Waals surface area contributed by atoms with Gasteiger partial charge in [0.05, 0.1) is 0 Å². The Morgan fingerprint density at radius 2 is 2.33 bits per heavy atom. The van der Waals surface area contributed by atoms with Gasteiger partial charge in [-0.05, 0) is 10.9 Å². The molecule has 1 rings (SSSR count). The Bertz CT molecular complexity index is 340. The molecule has 0 amide bonds. The van der Waals surface area contributed by atoms with Crippen LogP contribution in [0.2, 0.25) is 0 Å². The number of aliphatic hydroxyl groups is 1. The minimum Gasteiger partial charge on any atom is -0.388 e. The van der Waals surface area contributed by atoms with E-state index in [9.17, 15) is 0 Å². The monoisotopic (exact) mass is 291 g/mol. The fourth-order valence-electron chi connectivity index (χ4n) is 1.13. The lowest BCUT2D eigenvalue weighted by molar-refractivity contribution is 0.263. The van der Waals surface area contributed by atoms with Gasteiger partial charge in [-0.3, -0.25) is 0 Å². The highest BCUT2D eigenvalue weighted by atomic mass is 79.9. The second-order valence-corrected chi connectivity index (χ2v) is 5.08. The van der Waals surface area contributed by atoms with Crippen molar-refractivity contribution in [1.82, 2.24) is 14.8 Å². The van der Waals surface area contributed by atoms with Gasteiger partial charge in [0.1, 0.15) is 6.61 Å². The molecule has 0 atom stereocenters. The summed E-state index contributed by atoms with van der Waals surface area (Å²) in [6.07, 6.45) is 0.994. The summed E-state index contributed by atoms with van der Waals surface area (Å²) in [5.74, 6) is 1.38. The van der Waals surface area contributed by atoms with Gasteiger partial charge in [-0.2, -0.15) is 0 Å².